The minimum absolute atomic E-state index is 0.218. The summed E-state index contributed by atoms with van der Waals surface area (Å²) >= 11 is 1.45. The van der Waals surface area contributed by atoms with Crippen LogP contribution in [0.3, 0.4) is 0 Å². The fraction of sp³-hybridized carbons (Fsp3) is 0.400. The number of carbonyl (C=O) groups is 1. The Morgan fingerprint density at radius 2 is 2.06 bits per heavy atom. The number of aromatic nitrogens is 2. The average molecular weight is 467 g/mol. The van der Waals surface area contributed by atoms with Gasteiger partial charge in [-0.15, -0.1) is 11.3 Å². The quantitative estimate of drug-likeness (QED) is 0.478. The van der Waals surface area contributed by atoms with Gasteiger partial charge < -0.3 is 9.47 Å². The summed E-state index contributed by atoms with van der Waals surface area (Å²) in [5.41, 5.74) is 2.50. The fourth-order valence-electron chi connectivity index (χ4n) is 3.94. The van der Waals surface area contributed by atoms with Crippen LogP contribution in [0.4, 0.5) is 5.13 Å². The maximum Gasteiger partial charge on any atom is 0.257 e. The molecular weight excluding hydrogens is 436 g/mol. The van der Waals surface area contributed by atoms with Crippen molar-refractivity contribution < 1.29 is 14.3 Å². The molecule has 0 bridgehead atoms. The van der Waals surface area contributed by atoms with Gasteiger partial charge in [-0.2, -0.15) is 0 Å². The highest BCUT2D eigenvalue weighted by Gasteiger charge is 2.18. The third-order valence-corrected chi connectivity index (χ3v) is 6.35. The molecule has 1 aromatic carbocycles. The predicted octanol–water partition coefficient (Wildman–Crippen LogP) is 5.00. The first-order valence-corrected chi connectivity index (χ1v) is 12.3. The Morgan fingerprint density at radius 1 is 1.21 bits per heavy atom. The largest absolute Gasteiger partial charge is 0.490 e. The Kier molecular flexibility index (Phi) is 7.91. The van der Waals surface area contributed by atoms with Gasteiger partial charge in [-0.05, 0) is 68.1 Å². The molecule has 3 heterocycles. The number of amides is 1. The molecule has 1 saturated heterocycles. The molecule has 1 fully saturated rings. The Balaban J connectivity index is 1.38. The van der Waals surface area contributed by atoms with Gasteiger partial charge in [-0.3, -0.25) is 20.0 Å². The zero-order chi connectivity index (χ0) is 23.0. The zero-order valence-corrected chi connectivity index (χ0v) is 19.9. The van der Waals surface area contributed by atoms with Gasteiger partial charge in [0, 0.05) is 36.4 Å². The Morgan fingerprint density at radius 3 is 2.85 bits per heavy atom. The number of ether oxygens (including phenoxy) is 2. The van der Waals surface area contributed by atoms with E-state index in [1.54, 1.807) is 30.6 Å². The molecule has 174 valence electrons. The second-order valence-corrected chi connectivity index (χ2v) is 9.18. The Labute approximate surface area is 198 Å². The zero-order valence-electron chi connectivity index (χ0n) is 19.1. The number of hydrogen-bond donors (Lipinski definition) is 1. The van der Waals surface area contributed by atoms with Crippen molar-refractivity contribution in [2.75, 3.05) is 25.0 Å². The standard InChI is InChI=1S/C25H30N4O3S/c1-3-31-23-13-20(6-7-22(23)32-16-19-8-10-26-11-9-19)24(30)28-25-27-21(17-33-25)15-29-12-4-5-18(2)14-29/h6-11,13,17-18H,3-5,12,14-16H2,1-2H3,(H,27,28,30). The molecule has 1 N–H and O–H groups in total. The number of benzene rings is 1. The van der Waals surface area contributed by atoms with Crippen molar-refractivity contribution in [1.82, 2.24) is 14.9 Å². The third-order valence-electron chi connectivity index (χ3n) is 5.55. The SMILES string of the molecule is CCOc1cc(C(=O)Nc2nc(CN3CCCC(C)C3)cs2)ccc1OCc1ccncc1. The van der Waals surface area contributed by atoms with Crippen LogP contribution in [-0.4, -0.2) is 40.5 Å². The van der Waals surface area contributed by atoms with Gasteiger partial charge in [0.1, 0.15) is 6.61 Å². The summed E-state index contributed by atoms with van der Waals surface area (Å²) in [4.78, 5) is 23.9. The highest BCUT2D eigenvalue weighted by molar-refractivity contribution is 7.14. The molecule has 0 saturated carbocycles. The molecule has 8 heteroatoms. The molecule has 1 aliphatic heterocycles. The van der Waals surface area contributed by atoms with Crippen LogP contribution >= 0.6 is 11.3 Å². The predicted molar refractivity (Wildman–Crippen MR) is 130 cm³/mol. The van der Waals surface area contributed by atoms with Crippen molar-refractivity contribution in [3.8, 4) is 11.5 Å². The molecule has 1 amide bonds. The second kappa shape index (κ2) is 11.2. The molecule has 0 aliphatic carbocycles. The van der Waals surface area contributed by atoms with Crippen molar-refractivity contribution in [3.63, 3.8) is 0 Å². The first kappa shape index (κ1) is 23.2. The number of nitrogens with zero attached hydrogens (tertiary/aromatic N) is 3. The molecular formula is C25H30N4O3S. The minimum atomic E-state index is -0.218. The van der Waals surface area contributed by atoms with Crippen molar-refractivity contribution >= 4 is 22.4 Å². The van der Waals surface area contributed by atoms with Crippen molar-refractivity contribution in [1.29, 1.82) is 0 Å². The molecule has 1 unspecified atom stereocenters. The van der Waals surface area contributed by atoms with Gasteiger partial charge in [0.05, 0.1) is 12.3 Å². The van der Waals surface area contributed by atoms with Crippen molar-refractivity contribution in [3.05, 3.63) is 64.9 Å². The third kappa shape index (κ3) is 6.52. The van der Waals surface area contributed by atoms with E-state index in [9.17, 15) is 4.79 Å². The minimum Gasteiger partial charge on any atom is -0.490 e. The molecule has 2 aromatic heterocycles. The van der Waals surface area contributed by atoms with E-state index in [1.807, 2.05) is 24.4 Å². The molecule has 3 aromatic rings. The van der Waals surface area contributed by atoms with Gasteiger partial charge in [-0.1, -0.05) is 6.92 Å². The van der Waals surface area contributed by atoms with Gasteiger partial charge in [0.15, 0.2) is 16.6 Å². The normalized spacial score (nSPS) is 16.4. The second-order valence-electron chi connectivity index (χ2n) is 8.32. The summed E-state index contributed by atoms with van der Waals surface area (Å²) in [6.45, 7) is 8.11. The maximum absolute atomic E-state index is 12.8. The summed E-state index contributed by atoms with van der Waals surface area (Å²) in [5.74, 6) is 1.65. The summed E-state index contributed by atoms with van der Waals surface area (Å²) in [6, 6.07) is 9.02. The van der Waals surface area contributed by atoms with Crippen LogP contribution in [0.25, 0.3) is 0 Å². The van der Waals surface area contributed by atoms with Gasteiger partial charge in [0.25, 0.3) is 5.91 Å². The lowest BCUT2D eigenvalue weighted by atomic mass is 10.0. The van der Waals surface area contributed by atoms with Crippen LogP contribution in [0.15, 0.2) is 48.1 Å². The van der Waals surface area contributed by atoms with E-state index >= 15 is 0 Å². The molecule has 1 aliphatic rings. The first-order valence-electron chi connectivity index (χ1n) is 11.4. The number of hydrogen-bond acceptors (Lipinski definition) is 7. The summed E-state index contributed by atoms with van der Waals surface area (Å²) in [7, 11) is 0. The lowest BCUT2D eigenvalue weighted by Crippen LogP contribution is -2.33. The molecule has 33 heavy (non-hydrogen) atoms. The van der Waals surface area contributed by atoms with Gasteiger partial charge in [0.2, 0.25) is 0 Å². The van der Waals surface area contributed by atoms with Crippen LogP contribution in [0.5, 0.6) is 11.5 Å². The number of nitrogens with one attached hydrogen (secondary N) is 1. The van der Waals surface area contributed by atoms with Crippen LogP contribution in [0.1, 0.15) is 48.3 Å². The number of rotatable bonds is 9. The van der Waals surface area contributed by atoms with Crippen molar-refractivity contribution in [2.45, 2.75) is 39.8 Å². The molecule has 0 spiro atoms. The highest BCUT2D eigenvalue weighted by atomic mass is 32.1. The van der Waals surface area contributed by atoms with Crippen LogP contribution in [-0.2, 0) is 13.2 Å². The fourth-order valence-corrected chi connectivity index (χ4v) is 4.64. The summed E-state index contributed by atoms with van der Waals surface area (Å²) in [5, 5.41) is 5.55. The van der Waals surface area contributed by atoms with E-state index in [2.05, 4.69) is 27.1 Å². The number of thiazole rings is 1. The number of anilines is 1. The van der Waals surface area contributed by atoms with E-state index in [0.717, 1.165) is 36.8 Å². The number of piperidine rings is 1. The van der Waals surface area contributed by atoms with Crippen LogP contribution in [0, 0.1) is 5.92 Å². The van der Waals surface area contributed by atoms with Gasteiger partial charge in [-0.25, -0.2) is 4.98 Å². The average Bonchev–Trinajstić information content (AvgIpc) is 3.25. The number of carbonyl (C=O) groups excluding carboxylic acids is 1. The van der Waals surface area contributed by atoms with E-state index < -0.39 is 0 Å². The lowest BCUT2D eigenvalue weighted by Gasteiger charge is -2.30. The Hall–Kier alpha value is -2.97. The summed E-state index contributed by atoms with van der Waals surface area (Å²) in [6.07, 6.45) is 5.99. The van der Waals surface area contributed by atoms with Crippen LogP contribution < -0.4 is 14.8 Å². The monoisotopic (exact) mass is 466 g/mol. The first-order chi connectivity index (χ1) is 16.1. The number of pyridine rings is 1. The molecule has 7 nitrogen and oxygen atoms in total. The topological polar surface area (TPSA) is 76.6 Å². The van der Waals surface area contributed by atoms with E-state index in [0.29, 0.717) is 35.4 Å². The van der Waals surface area contributed by atoms with Crippen LogP contribution in [0.2, 0.25) is 0 Å². The molecule has 4 rings (SSSR count). The van der Waals surface area contributed by atoms with Crippen molar-refractivity contribution in [2.24, 2.45) is 5.92 Å². The van der Waals surface area contributed by atoms with E-state index in [1.165, 1.54) is 24.2 Å². The van der Waals surface area contributed by atoms with E-state index in [-0.39, 0.29) is 5.91 Å². The Bertz CT molecular complexity index is 1060. The lowest BCUT2D eigenvalue weighted by molar-refractivity contribution is 0.102. The molecule has 0 radical (unpaired) electrons. The van der Waals surface area contributed by atoms with E-state index in [4.69, 9.17) is 9.47 Å². The highest BCUT2D eigenvalue weighted by Crippen LogP contribution is 2.30. The number of likely N-dealkylation sites (tertiary alicyclic amines) is 1. The molecule has 1 atom stereocenters. The maximum atomic E-state index is 12.8. The smallest absolute Gasteiger partial charge is 0.257 e. The van der Waals surface area contributed by atoms with Gasteiger partial charge >= 0.3 is 0 Å². The summed E-state index contributed by atoms with van der Waals surface area (Å²) < 4.78 is 11.6.